The first-order valence-electron chi connectivity index (χ1n) is 3.83. The summed E-state index contributed by atoms with van der Waals surface area (Å²) in [6, 6.07) is 0. The first kappa shape index (κ1) is 57.9. The summed E-state index contributed by atoms with van der Waals surface area (Å²) in [5, 5.41) is 0. The van der Waals surface area contributed by atoms with Gasteiger partial charge in [-0.05, 0) is 0 Å². The fourth-order valence-electron chi connectivity index (χ4n) is 0. The van der Waals surface area contributed by atoms with Crippen LogP contribution in [0.25, 0.3) is 0 Å². The van der Waals surface area contributed by atoms with Gasteiger partial charge in [-0.15, -0.1) is 0 Å². The Hall–Kier alpha value is 1.44. The van der Waals surface area contributed by atoms with E-state index >= 15 is 0 Å². The molecule has 0 spiro atoms. The van der Waals surface area contributed by atoms with Gasteiger partial charge in [0.25, 0.3) is 57.8 Å². The average Bonchev–Trinajstić information content (AvgIpc) is 2.20. The molecule has 0 bridgehead atoms. The van der Waals surface area contributed by atoms with Gasteiger partial charge in [0.1, 0.15) is 0 Å². The molecule has 0 aromatic carbocycles. The Labute approximate surface area is 198 Å². The zero-order valence-corrected chi connectivity index (χ0v) is 22.4. The third-order valence-corrected chi connectivity index (χ3v) is 0. The zero-order chi connectivity index (χ0) is 25.0. The number of hydrogen-bond donors (Lipinski definition) is 0. The van der Waals surface area contributed by atoms with Crippen molar-refractivity contribution in [2.24, 2.45) is 0 Å². The normalized spacial score (nSPS) is 6.07. The van der Waals surface area contributed by atoms with Crippen LogP contribution in [-0.4, -0.2) is 0 Å². The van der Waals surface area contributed by atoms with E-state index in [0.29, 0.717) is 0 Å². The van der Waals surface area contributed by atoms with Crippen molar-refractivity contribution in [2.75, 3.05) is 0 Å². The molecule has 30 heavy (non-hydrogen) atoms. The summed E-state index contributed by atoms with van der Waals surface area (Å²) in [6.45, 7) is 0. The van der Waals surface area contributed by atoms with Crippen LogP contribution in [0, 0.1) is 0 Å². The van der Waals surface area contributed by atoms with E-state index in [0.717, 1.165) is 0 Å². The van der Waals surface area contributed by atoms with E-state index in [-0.39, 0.29) is 40.2 Å². The summed E-state index contributed by atoms with van der Waals surface area (Å²) in [6.07, 6.45) is 0. The summed E-state index contributed by atoms with van der Waals surface area (Å²) >= 11 is 0. The van der Waals surface area contributed by atoms with E-state index in [1.807, 2.05) is 0 Å². The van der Waals surface area contributed by atoms with Crippen molar-refractivity contribution in [3.05, 3.63) is 0 Å². The van der Waals surface area contributed by atoms with Crippen LogP contribution in [0.3, 0.4) is 0 Å². The smallest absolute Gasteiger partial charge is 0.598 e. The van der Waals surface area contributed by atoms with Gasteiger partial charge in [-0.25, -0.2) is 0 Å². The summed E-state index contributed by atoms with van der Waals surface area (Å²) in [4.78, 5) is 119. The maximum absolute atomic E-state index is 8.48. The third kappa shape index (κ3) is 11500. The molecule has 21 nitrogen and oxygen atoms in total. The molecule has 0 rings (SSSR count). The summed E-state index contributed by atoms with van der Waals surface area (Å²) in [5.74, 6) is 0. The second-order valence-electron chi connectivity index (χ2n) is 1.57. The fourth-order valence-corrected chi connectivity index (χ4v) is 0. The largest absolute Gasteiger partial charge is 7.00 e. The van der Waals surface area contributed by atoms with Crippen LogP contribution in [0.4, 0.5) is 0 Å². The molecular weight excluding hydrogens is 749 g/mol. The summed E-state index contributed by atoms with van der Waals surface area (Å²) in [5.41, 5.74) is 0. The van der Waals surface area contributed by atoms with Gasteiger partial charge < -0.3 is 68.5 Å². The second-order valence-corrected chi connectivity index (χ2v) is 4.70. The molecule has 0 heterocycles. The Kier molecular flexibility index (Phi) is 101. The molecule has 0 N–H and O–H groups in total. The van der Waals surface area contributed by atoms with Gasteiger partial charge in [-0.3, -0.25) is 0 Å². The molecule has 0 radical (unpaired) electrons. The molecule has 0 saturated heterocycles. The van der Waals surface area contributed by atoms with E-state index in [9.17, 15) is 0 Å². The minimum Gasteiger partial charge on any atom is -0.598 e. The van der Waals surface area contributed by atoms with Crippen LogP contribution in [0.2, 0.25) is 0 Å². The number of rotatable bonds is 0. The maximum Gasteiger partial charge on any atom is 7.00 e. The van der Waals surface area contributed by atoms with Gasteiger partial charge in [0.15, 0.2) is 0 Å². The van der Waals surface area contributed by atoms with Crippen LogP contribution in [0.15, 0.2) is 0 Å². The summed E-state index contributed by atoms with van der Waals surface area (Å²) < 4.78 is 59.4. The fraction of sp³-hybridized carbons (Fsp3) is 0. The molecule has 168 valence electrons. The van der Waals surface area contributed by atoms with E-state index < -0.39 is 57.8 Å². The molecule has 0 fully saturated rings. The van der Waals surface area contributed by atoms with Crippen molar-refractivity contribution in [3.8, 4) is 0 Å². The molecule has 0 aromatic heterocycles. The first-order valence-corrected chi connectivity index (χ1v) is 11.5. The van der Waals surface area contributed by atoms with Gasteiger partial charge in [-0.2, -0.15) is 0 Å². The van der Waals surface area contributed by atoms with Gasteiger partial charge in [0.05, 0.1) is 0 Å². The van der Waals surface area contributed by atoms with Crippen LogP contribution in [0.1, 0.15) is 0 Å². The Bertz CT molecular complexity index is 312. The van der Waals surface area contributed by atoms with Crippen molar-refractivity contribution in [3.63, 3.8) is 0 Å². The zero-order valence-electron chi connectivity index (χ0n) is 12.5. The molecule has 0 amide bonds. The van der Waals surface area contributed by atoms with Crippen molar-refractivity contribution >= 4 is 57.8 Å². The van der Waals surface area contributed by atoms with Crippen LogP contribution < -0.4 is 68.5 Å². The minimum absolute atomic E-state index is 0. The SMILES string of the molecule is O=[P+]([O-])[O-].O=[P+]([O-])[O-].O=[P+]([O-])[O-].O=[P+]([O-])[O-].O=[P+]([O-])[O-].O=[P+]([O-])[O-].O=[P+]([O-])[O-].[Tc+7].[Tc+7]. The predicted molar refractivity (Wildman–Crippen MR) is 53.2 cm³/mol. The van der Waals surface area contributed by atoms with E-state index in [1.54, 1.807) is 0 Å². The maximum atomic E-state index is 8.48. The molecule has 0 aliphatic carbocycles. The molecule has 30 heteroatoms. The van der Waals surface area contributed by atoms with Gasteiger partial charge >= 0.3 is 40.2 Å². The molecule has 0 aliphatic heterocycles. The molecule has 0 unspecified atom stereocenters. The van der Waals surface area contributed by atoms with Crippen molar-refractivity contribution in [2.45, 2.75) is 0 Å². The van der Waals surface area contributed by atoms with E-state index in [2.05, 4.69) is 0 Å². The van der Waals surface area contributed by atoms with Gasteiger partial charge in [0.2, 0.25) is 0 Å². The monoisotopic (exact) mass is 747 g/mol. The van der Waals surface area contributed by atoms with Crippen molar-refractivity contribution in [1.82, 2.24) is 0 Å². The summed E-state index contributed by atoms with van der Waals surface area (Å²) in [7, 11) is -23.6. The third-order valence-electron chi connectivity index (χ3n) is 0. The van der Waals surface area contributed by atoms with Gasteiger partial charge in [0, 0.05) is 0 Å². The van der Waals surface area contributed by atoms with Crippen molar-refractivity contribution in [1.29, 1.82) is 0 Å². The average molecular weight is 749 g/mol. The van der Waals surface area contributed by atoms with Crippen molar-refractivity contribution < 1.29 is 141 Å². The number of hydrogen-bond acceptors (Lipinski definition) is 21. The molecule has 0 atom stereocenters. The minimum atomic E-state index is -3.37. The van der Waals surface area contributed by atoms with Gasteiger partial charge in [-0.1, -0.05) is 32.0 Å². The molecule has 0 saturated carbocycles. The van der Waals surface area contributed by atoms with Crippen LogP contribution in [0.5, 0.6) is 0 Å². The predicted octanol–water partition coefficient (Wildman–Crippen LogP) is -11.5. The second kappa shape index (κ2) is 52.4. The van der Waals surface area contributed by atoms with Crippen LogP contribution >= 0.6 is 57.8 Å². The van der Waals surface area contributed by atoms with E-state index in [1.165, 1.54) is 0 Å². The topological polar surface area (TPSA) is 442 Å². The Morgan fingerprint density at radius 1 is 0.233 bits per heavy atom. The quantitative estimate of drug-likeness (QED) is 0.207. The first-order chi connectivity index (χ1) is 12.1. The standard InChI is InChI=1S/7HO3P.2Tc/c7*1-4(2)3;;/h7*(H,1,2,3);;/q;;;;;;;2*+7/p-7. The van der Waals surface area contributed by atoms with Crippen LogP contribution in [-0.2, 0) is 72.2 Å². The Balaban J connectivity index is -0.0000000242. The Morgan fingerprint density at radius 2 is 0.233 bits per heavy atom. The van der Waals surface area contributed by atoms with E-state index in [4.69, 9.17) is 100 Å². The molecule has 0 aromatic rings. The Morgan fingerprint density at radius 3 is 0.233 bits per heavy atom. The molecular formula is O21P7Tc2+7. The molecule has 0 aliphatic rings.